The number of aliphatic hydroxyl groups excluding tert-OH is 1. The van der Waals surface area contributed by atoms with Crippen LogP contribution in [0.3, 0.4) is 0 Å². The van der Waals surface area contributed by atoms with Gasteiger partial charge in [0, 0.05) is 31.7 Å². The lowest BCUT2D eigenvalue weighted by Gasteiger charge is -2.31. The minimum Gasteiger partial charge on any atom is -0.507 e. The lowest BCUT2D eigenvalue weighted by molar-refractivity contribution is -0.140. The number of aliphatic hydroxyl groups is 1. The molecule has 36 heavy (non-hydrogen) atoms. The molecular formula is C26H26N2O8. The molecule has 0 saturated carbocycles. The lowest BCUT2D eigenvalue weighted by atomic mass is 9.94. The van der Waals surface area contributed by atoms with E-state index in [1.54, 1.807) is 42.5 Å². The first kappa shape index (κ1) is 23.8. The van der Waals surface area contributed by atoms with Crippen LogP contribution in [0.25, 0.3) is 5.76 Å². The van der Waals surface area contributed by atoms with E-state index >= 15 is 0 Å². The van der Waals surface area contributed by atoms with E-state index in [0.717, 1.165) is 13.1 Å². The SMILES string of the molecule is COC(=O)c1ccc(C2C(=C(O)c3ccc4c(c3)OCO4)C(=O)C(=O)N2CCN2CCOCC2)cc1. The van der Waals surface area contributed by atoms with Crippen molar-refractivity contribution in [3.05, 3.63) is 64.7 Å². The van der Waals surface area contributed by atoms with Crippen LogP contribution in [0.5, 0.6) is 11.5 Å². The van der Waals surface area contributed by atoms with E-state index < -0.39 is 23.7 Å². The van der Waals surface area contributed by atoms with Crippen molar-refractivity contribution in [2.24, 2.45) is 0 Å². The number of rotatable bonds is 6. The lowest BCUT2D eigenvalue weighted by Crippen LogP contribution is -2.42. The molecule has 5 rings (SSSR count). The highest BCUT2D eigenvalue weighted by Crippen LogP contribution is 2.41. The van der Waals surface area contributed by atoms with Gasteiger partial charge >= 0.3 is 5.97 Å². The van der Waals surface area contributed by atoms with Crippen LogP contribution >= 0.6 is 0 Å². The zero-order chi connectivity index (χ0) is 25.2. The Morgan fingerprint density at radius 2 is 1.69 bits per heavy atom. The van der Waals surface area contributed by atoms with Crippen molar-refractivity contribution in [1.82, 2.24) is 9.80 Å². The number of ether oxygens (including phenoxy) is 4. The number of amides is 1. The van der Waals surface area contributed by atoms with E-state index in [9.17, 15) is 19.5 Å². The maximum atomic E-state index is 13.2. The normalized spacial score (nSPS) is 21.1. The Kier molecular flexibility index (Phi) is 6.62. The summed E-state index contributed by atoms with van der Waals surface area (Å²) in [5, 5.41) is 11.3. The number of Topliss-reactive ketones (excluding diaryl/α,β-unsaturated/α-hetero) is 1. The number of esters is 1. The van der Waals surface area contributed by atoms with Gasteiger partial charge in [-0.05, 0) is 35.9 Å². The molecule has 3 aliphatic heterocycles. The van der Waals surface area contributed by atoms with Gasteiger partial charge in [-0.25, -0.2) is 4.79 Å². The maximum absolute atomic E-state index is 13.2. The van der Waals surface area contributed by atoms with Crippen LogP contribution < -0.4 is 9.47 Å². The minimum atomic E-state index is -0.830. The van der Waals surface area contributed by atoms with E-state index in [0.29, 0.717) is 47.9 Å². The highest BCUT2D eigenvalue weighted by atomic mass is 16.7. The number of hydrogen-bond acceptors (Lipinski definition) is 9. The zero-order valence-electron chi connectivity index (χ0n) is 19.8. The van der Waals surface area contributed by atoms with E-state index in [2.05, 4.69) is 4.90 Å². The largest absolute Gasteiger partial charge is 0.507 e. The second-order valence-electron chi connectivity index (χ2n) is 8.63. The Morgan fingerprint density at radius 1 is 1.00 bits per heavy atom. The predicted octanol–water partition coefficient (Wildman–Crippen LogP) is 1.96. The van der Waals surface area contributed by atoms with Crippen LogP contribution in [0.1, 0.15) is 27.5 Å². The molecule has 0 radical (unpaired) electrons. The van der Waals surface area contributed by atoms with Crippen LogP contribution in [0, 0.1) is 0 Å². The number of likely N-dealkylation sites (tertiary alicyclic amines) is 1. The van der Waals surface area contributed by atoms with Crippen molar-refractivity contribution in [3.8, 4) is 11.5 Å². The number of methoxy groups -OCH3 is 1. The zero-order valence-corrected chi connectivity index (χ0v) is 19.8. The van der Waals surface area contributed by atoms with Crippen molar-refractivity contribution in [2.75, 3.05) is 53.3 Å². The molecule has 0 aromatic heterocycles. The minimum absolute atomic E-state index is 0.0216. The average Bonchev–Trinajstić information content (AvgIpc) is 3.49. The molecule has 188 valence electrons. The maximum Gasteiger partial charge on any atom is 0.337 e. The Bertz CT molecular complexity index is 1220. The van der Waals surface area contributed by atoms with Crippen molar-refractivity contribution >= 4 is 23.4 Å². The van der Waals surface area contributed by atoms with Crippen molar-refractivity contribution in [3.63, 3.8) is 0 Å². The average molecular weight is 495 g/mol. The van der Waals surface area contributed by atoms with Gasteiger partial charge in [-0.2, -0.15) is 0 Å². The summed E-state index contributed by atoms with van der Waals surface area (Å²) < 4.78 is 20.9. The first-order chi connectivity index (χ1) is 17.5. The summed E-state index contributed by atoms with van der Waals surface area (Å²) in [6, 6.07) is 10.5. The Balaban J connectivity index is 1.53. The molecule has 3 heterocycles. The Labute approximate surface area is 207 Å². The molecule has 2 aromatic carbocycles. The molecule has 1 amide bonds. The summed E-state index contributed by atoms with van der Waals surface area (Å²) in [4.78, 5) is 42.0. The topological polar surface area (TPSA) is 115 Å². The molecule has 2 fully saturated rings. The molecule has 1 atom stereocenters. The number of hydrogen-bond donors (Lipinski definition) is 1. The summed E-state index contributed by atoms with van der Waals surface area (Å²) in [5.41, 5.74) is 1.24. The summed E-state index contributed by atoms with van der Waals surface area (Å²) in [6.07, 6.45) is 0. The second-order valence-corrected chi connectivity index (χ2v) is 8.63. The van der Waals surface area contributed by atoms with Crippen LogP contribution in [0.15, 0.2) is 48.0 Å². The molecule has 1 unspecified atom stereocenters. The fourth-order valence-corrected chi connectivity index (χ4v) is 4.65. The molecule has 2 aromatic rings. The van der Waals surface area contributed by atoms with E-state index in [1.807, 2.05) is 0 Å². The van der Waals surface area contributed by atoms with Gasteiger partial charge in [0.25, 0.3) is 11.7 Å². The van der Waals surface area contributed by atoms with Crippen LogP contribution in [-0.2, 0) is 19.1 Å². The van der Waals surface area contributed by atoms with Gasteiger partial charge in [0.15, 0.2) is 11.5 Å². The van der Waals surface area contributed by atoms with Gasteiger partial charge in [-0.3, -0.25) is 14.5 Å². The molecular weight excluding hydrogens is 468 g/mol. The third-order valence-corrected chi connectivity index (χ3v) is 6.59. The summed E-state index contributed by atoms with van der Waals surface area (Å²) >= 11 is 0. The monoisotopic (exact) mass is 494 g/mol. The van der Waals surface area contributed by atoms with E-state index in [4.69, 9.17) is 18.9 Å². The number of fused-ring (bicyclic) bond motifs is 1. The van der Waals surface area contributed by atoms with Gasteiger partial charge in [-0.15, -0.1) is 0 Å². The third-order valence-electron chi connectivity index (χ3n) is 6.59. The van der Waals surface area contributed by atoms with Crippen molar-refractivity contribution < 1.29 is 38.4 Å². The van der Waals surface area contributed by atoms with Gasteiger partial charge in [-0.1, -0.05) is 12.1 Å². The number of nitrogens with zero attached hydrogens (tertiary/aromatic N) is 2. The van der Waals surface area contributed by atoms with E-state index in [1.165, 1.54) is 12.0 Å². The smallest absolute Gasteiger partial charge is 0.337 e. The van der Waals surface area contributed by atoms with E-state index in [-0.39, 0.29) is 24.7 Å². The van der Waals surface area contributed by atoms with Crippen LogP contribution in [-0.4, -0.2) is 85.9 Å². The second kappa shape index (κ2) is 10.00. The van der Waals surface area contributed by atoms with Gasteiger partial charge in [0.2, 0.25) is 6.79 Å². The third kappa shape index (κ3) is 4.40. The first-order valence-electron chi connectivity index (χ1n) is 11.6. The highest BCUT2D eigenvalue weighted by molar-refractivity contribution is 6.46. The Hall–Kier alpha value is -3.89. The van der Waals surface area contributed by atoms with Crippen molar-refractivity contribution in [2.45, 2.75) is 6.04 Å². The van der Waals surface area contributed by atoms with Crippen molar-refractivity contribution in [1.29, 1.82) is 0 Å². The summed E-state index contributed by atoms with van der Waals surface area (Å²) in [6.45, 7) is 3.60. The molecule has 10 heteroatoms. The summed E-state index contributed by atoms with van der Waals surface area (Å²) in [5.74, 6) is -1.28. The highest BCUT2D eigenvalue weighted by Gasteiger charge is 2.46. The van der Waals surface area contributed by atoms with Gasteiger partial charge in [0.1, 0.15) is 5.76 Å². The molecule has 0 bridgehead atoms. The standard InChI is InChI=1S/C26H26N2O8/c1-33-26(32)17-4-2-16(3-5-17)22-21(23(29)18-6-7-19-20(14-18)36-15-35-19)24(30)25(31)28(22)9-8-27-10-12-34-13-11-27/h2-7,14,22,29H,8-13,15H2,1H3. The number of ketones is 1. The molecule has 0 aliphatic carbocycles. The Morgan fingerprint density at radius 3 is 2.42 bits per heavy atom. The number of benzene rings is 2. The van der Waals surface area contributed by atoms with Crippen LogP contribution in [0.2, 0.25) is 0 Å². The summed E-state index contributed by atoms with van der Waals surface area (Å²) in [7, 11) is 1.29. The van der Waals surface area contributed by atoms with Crippen LogP contribution in [0.4, 0.5) is 0 Å². The molecule has 1 N–H and O–H groups in total. The quantitative estimate of drug-likeness (QED) is 0.279. The van der Waals surface area contributed by atoms with Gasteiger partial charge < -0.3 is 29.0 Å². The number of carbonyl (C=O) groups is 3. The first-order valence-corrected chi connectivity index (χ1v) is 11.6. The molecule has 3 aliphatic rings. The number of carbonyl (C=O) groups excluding carboxylic acids is 3. The van der Waals surface area contributed by atoms with Gasteiger partial charge in [0.05, 0.1) is 37.5 Å². The molecule has 2 saturated heterocycles. The molecule has 10 nitrogen and oxygen atoms in total. The number of morpholine rings is 1. The molecule has 0 spiro atoms. The fraction of sp³-hybridized carbons (Fsp3) is 0.346. The predicted molar refractivity (Wildman–Crippen MR) is 127 cm³/mol. The fourth-order valence-electron chi connectivity index (χ4n) is 4.65.